The number of methoxy groups -OCH3 is 1. The van der Waals surface area contributed by atoms with Gasteiger partial charge in [0.25, 0.3) is 0 Å². The molecule has 0 aromatic heterocycles. The van der Waals surface area contributed by atoms with Crippen molar-refractivity contribution in [3.63, 3.8) is 0 Å². The third kappa shape index (κ3) is 6.43. The van der Waals surface area contributed by atoms with Crippen LogP contribution in [0.2, 0.25) is 0 Å². The lowest BCUT2D eigenvalue weighted by Gasteiger charge is -2.25. The Kier molecular flexibility index (Phi) is 6.91. The highest BCUT2D eigenvalue weighted by Crippen LogP contribution is 2.45. The first-order chi connectivity index (χ1) is 22.2. The van der Waals surface area contributed by atoms with Crippen LogP contribution in [0.4, 0.5) is 48.7 Å². The third-order valence-corrected chi connectivity index (χ3v) is 6.73. The quantitative estimate of drug-likeness (QED) is 0.252. The molecule has 1 fully saturated rings. The number of amides is 1. The van der Waals surface area contributed by atoms with E-state index in [1.807, 2.05) is 0 Å². The summed E-state index contributed by atoms with van der Waals surface area (Å²) in [6.45, 7) is -2.23. The van der Waals surface area contributed by atoms with E-state index >= 15 is 4.39 Å². The second kappa shape index (κ2) is 11.5. The number of halogens is 10. The molecule has 0 unspecified atom stereocenters. The van der Waals surface area contributed by atoms with Gasteiger partial charge in [0.15, 0.2) is 0 Å². The molecule has 0 N–H and O–H groups in total. The van der Waals surface area contributed by atoms with Crippen molar-refractivity contribution >= 4 is 6.09 Å². The molecule has 0 spiro atoms. The van der Waals surface area contributed by atoms with Gasteiger partial charge in [-0.15, -0.1) is 0 Å². The van der Waals surface area contributed by atoms with E-state index in [-0.39, 0.29) is 45.5 Å². The summed E-state index contributed by atoms with van der Waals surface area (Å²) in [5.74, 6) is -1.56. The largest absolute Gasteiger partial charge is 0.496 e. The van der Waals surface area contributed by atoms with Gasteiger partial charge in [-0.2, -0.15) is 39.5 Å². The molecule has 3 aromatic carbocycles. The molecular weight excluding hydrogens is 612 g/mol. The van der Waals surface area contributed by atoms with Crippen molar-refractivity contribution in [3.8, 4) is 16.9 Å². The molecule has 238 valence electrons. The van der Waals surface area contributed by atoms with Crippen LogP contribution in [-0.2, 0) is 29.8 Å². The minimum Gasteiger partial charge on any atom is -0.496 e. The molecular formula is C30H25F10NO3. The lowest BCUT2D eigenvalue weighted by Crippen LogP contribution is -2.32. The summed E-state index contributed by atoms with van der Waals surface area (Å²) in [4.78, 5) is 13.3. The molecule has 4 rings (SSSR count). The van der Waals surface area contributed by atoms with Crippen LogP contribution < -0.4 is 4.74 Å². The summed E-state index contributed by atoms with van der Waals surface area (Å²) in [5, 5.41) is 0. The minimum absolute atomic E-state index is 0.0819. The zero-order valence-electron chi connectivity index (χ0n) is 27.9. The lowest BCUT2D eigenvalue weighted by atomic mass is 9.88. The van der Waals surface area contributed by atoms with Crippen LogP contribution in [-0.4, -0.2) is 24.1 Å². The van der Waals surface area contributed by atoms with Gasteiger partial charge in [0.1, 0.15) is 17.6 Å². The van der Waals surface area contributed by atoms with E-state index in [0.29, 0.717) is 12.1 Å². The summed E-state index contributed by atoms with van der Waals surface area (Å²) in [7, 11) is 1.16. The van der Waals surface area contributed by atoms with Crippen LogP contribution in [0.25, 0.3) is 11.1 Å². The lowest BCUT2D eigenvalue weighted by molar-refractivity contribution is -0.143. The molecule has 1 heterocycles. The molecule has 1 aliphatic heterocycles. The van der Waals surface area contributed by atoms with E-state index in [4.69, 9.17) is 16.3 Å². The van der Waals surface area contributed by atoms with Gasteiger partial charge in [0, 0.05) is 15.2 Å². The Bertz CT molecular complexity index is 1740. The van der Waals surface area contributed by atoms with Gasteiger partial charge in [0.05, 0.1) is 39.1 Å². The highest BCUT2D eigenvalue weighted by atomic mass is 19.4. The molecule has 44 heavy (non-hydrogen) atoms. The Balaban J connectivity index is 2.04. The van der Waals surface area contributed by atoms with E-state index < -0.39 is 89.7 Å². The van der Waals surface area contributed by atoms with Gasteiger partial charge in [-0.05, 0) is 71.9 Å². The van der Waals surface area contributed by atoms with Gasteiger partial charge < -0.3 is 9.47 Å². The number of rotatable bonds is 6. The van der Waals surface area contributed by atoms with E-state index in [2.05, 4.69) is 0 Å². The van der Waals surface area contributed by atoms with Gasteiger partial charge >= 0.3 is 24.6 Å². The number of carbonyl (C=O) groups is 1. The van der Waals surface area contributed by atoms with Crippen molar-refractivity contribution in [2.24, 2.45) is 0 Å². The smallest absolute Gasteiger partial charge is 0.416 e. The number of cyclic esters (lactones) is 1. The van der Waals surface area contributed by atoms with Crippen molar-refractivity contribution in [2.45, 2.75) is 63.8 Å². The molecule has 0 radical (unpaired) electrons. The standard InChI is InChI=1S/C30H25F10NO3/c1-14(2)24-22(31)7-8-23(43-4)25(24)21-6-5-18(28(32,33)34)11-17(21)13-41-15(3)26(44-27(41)42)16-9-19(29(35,36)37)12-20(10-16)30(38,39)40/h5-12,14-15,26H,13H2,1-4H3/t15-,26-/m0/s1/i3D3,15D,26D. The summed E-state index contributed by atoms with van der Waals surface area (Å²) >= 11 is 0. The zero-order valence-corrected chi connectivity index (χ0v) is 22.9. The number of hydrogen-bond donors (Lipinski definition) is 0. The summed E-state index contributed by atoms with van der Waals surface area (Å²) in [5.41, 5.74) is -8.02. The topological polar surface area (TPSA) is 38.8 Å². The Morgan fingerprint density at radius 1 is 0.909 bits per heavy atom. The van der Waals surface area contributed by atoms with E-state index in [0.717, 1.165) is 25.3 Å². The maximum Gasteiger partial charge on any atom is 0.416 e. The number of carbonyl (C=O) groups excluding carboxylic acids is 1. The maximum absolute atomic E-state index is 15.2. The average Bonchev–Trinajstić information content (AvgIpc) is 3.16. The average molecular weight is 643 g/mol. The maximum atomic E-state index is 15.2. The summed E-state index contributed by atoms with van der Waals surface area (Å²) in [6, 6.07) is -0.358. The van der Waals surface area contributed by atoms with Crippen LogP contribution in [0.1, 0.15) is 72.9 Å². The normalized spacial score (nSPS) is 23.1. The van der Waals surface area contributed by atoms with Gasteiger partial charge in [-0.3, -0.25) is 4.90 Å². The molecule has 3 aromatic rings. The number of ether oxygens (including phenoxy) is 2. The van der Waals surface area contributed by atoms with E-state index in [1.54, 1.807) is 0 Å². The van der Waals surface area contributed by atoms with Crippen molar-refractivity contribution in [2.75, 3.05) is 7.11 Å². The molecule has 1 aliphatic rings. The van der Waals surface area contributed by atoms with Gasteiger partial charge in [-0.25, -0.2) is 9.18 Å². The first-order valence-corrected chi connectivity index (χ1v) is 12.6. The van der Waals surface area contributed by atoms with Gasteiger partial charge in [-0.1, -0.05) is 19.9 Å². The Hall–Kier alpha value is -3.97. The molecule has 0 saturated carbocycles. The fraction of sp³-hybridized carbons (Fsp3) is 0.367. The summed E-state index contributed by atoms with van der Waals surface area (Å²) < 4.78 is 191. The highest BCUT2D eigenvalue weighted by molar-refractivity contribution is 5.79. The van der Waals surface area contributed by atoms with Crippen LogP contribution in [0, 0.1) is 5.82 Å². The van der Waals surface area contributed by atoms with Crippen LogP contribution >= 0.6 is 0 Å². The van der Waals surface area contributed by atoms with Crippen molar-refractivity contribution in [1.82, 2.24) is 4.90 Å². The van der Waals surface area contributed by atoms with Crippen LogP contribution in [0.15, 0.2) is 48.5 Å². The molecule has 4 nitrogen and oxygen atoms in total. The number of hydrogen-bond acceptors (Lipinski definition) is 3. The fourth-order valence-corrected chi connectivity index (χ4v) is 4.73. The fourth-order valence-electron chi connectivity index (χ4n) is 4.73. The number of benzene rings is 3. The first-order valence-electron chi connectivity index (χ1n) is 15.1. The highest BCUT2D eigenvalue weighted by Gasteiger charge is 2.44. The third-order valence-electron chi connectivity index (χ3n) is 6.73. The molecule has 1 amide bonds. The van der Waals surface area contributed by atoms with Gasteiger partial charge in [0.2, 0.25) is 0 Å². The second-order valence-electron chi connectivity index (χ2n) is 9.99. The molecule has 1 saturated heterocycles. The number of nitrogens with zero attached hydrogens (tertiary/aromatic N) is 1. The Morgan fingerprint density at radius 3 is 2.00 bits per heavy atom. The molecule has 2 atom stereocenters. The SMILES string of the molecule is [2H]C([2H])([2H])[C@]1([2H])N(Cc2cc(C(F)(F)F)ccc2-c2c(OC)ccc(F)c2C(C)C)C(=O)O[C@]1([2H])c1cc(C(F)(F)F)cc(C(F)(F)F)c1. The van der Waals surface area contributed by atoms with Crippen molar-refractivity contribution in [3.05, 3.63) is 87.7 Å². The van der Waals surface area contributed by atoms with E-state index in [9.17, 15) is 44.3 Å². The first kappa shape index (κ1) is 26.4. The van der Waals surface area contributed by atoms with E-state index in [1.165, 1.54) is 13.8 Å². The van der Waals surface area contributed by atoms with Crippen LogP contribution in [0.3, 0.4) is 0 Å². The predicted molar refractivity (Wildman–Crippen MR) is 138 cm³/mol. The van der Waals surface area contributed by atoms with Crippen molar-refractivity contribution < 1.29 is 65.0 Å². The second-order valence-corrected chi connectivity index (χ2v) is 9.99. The zero-order chi connectivity index (χ0) is 37.3. The monoisotopic (exact) mass is 642 g/mol. The summed E-state index contributed by atoms with van der Waals surface area (Å²) in [6.07, 6.45) is -21.8. The minimum atomic E-state index is -5.50. The Morgan fingerprint density at radius 2 is 1.50 bits per heavy atom. The number of alkyl halides is 9. The molecule has 0 bridgehead atoms. The molecule has 14 heteroatoms. The van der Waals surface area contributed by atoms with Crippen molar-refractivity contribution in [1.29, 1.82) is 0 Å². The molecule has 0 aliphatic carbocycles. The Labute approximate surface area is 252 Å². The van der Waals surface area contributed by atoms with Crippen LogP contribution in [0.5, 0.6) is 5.75 Å². The predicted octanol–water partition coefficient (Wildman–Crippen LogP) is 9.76.